The van der Waals surface area contributed by atoms with E-state index in [1.54, 1.807) is 11.8 Å². The minimum atomic E-state index is 0.578. The van der Waals surface area contributed by atoms with Crippen LogP contribution in [0.5, 0.6) is 0 Å². The van der Waals surface area contributed by atoms with Gasteiger partial charge in [0.1, 0.15) is 6.61 Å². The Morgan fingerprint density at radius 3 is 2.60 bits per heavy atom. The highest BCUT2D eigenvalue weighted by atomic mass is 32.2. The van der Waals surface area contributed by atoms with E-state index in [0.717, 1.165) is 12.4 Å². The first-order valence-corrected chi connectivity index (χ1v) is 7.08. The van der Waals surface area contributed by atoms with Crippen molar-refractivity contribution in [2.45, 2.75) is 39.5 Å². The number of hydrogen-bond acceptors (Lipinski definition) is 4. The van der Waals surface area contributed by atoms with Gasteiger partial charge >= 0.3 is 0 Å². The molecule has 0 aromatic carbocycles. The molecule has 0 aromatic rings. The third kappa shape index (κ3) is 12.1. The van der Waals surface area contributed by atoms with Gasteiger partial charge in [-0.25, -0.2) is 0 Å². The zero-order chi connectivity index (χ0) is 11.4. The van der Waals surface area contributed by atoms with E-state index < -0.39 is 0 Å². The smallest absolute Gasteiger partial charge is 0.220 e. The fraction of sp³-hybridized carbons (Fsp3) is 0.909. The summed E-state index contributed by atoms with van der Waals surface area (Å²) in [5.74, 6) is 1.08. The minimum absolute atomic E-state index is 0.578. The molecule has 0 amide bonds. The lowest BCUT2D eigenvalue weighted by molar-refractivity contribution is 0.109. The third-order valence-corrected chi connectivity index (χ3v) is 3.19. The summed E-state index contributed by atoms with van der Waals surface area (Å²) in [7, 11) is 0. The second kappa shape index (κ2) is 12.3. The summed E-state index contributed by atoms with van der Waals surface area (Å²) in [5.41, 5.74) is 0. The first kappa shape index (κ1) is 15.2. The second-order valence-electron chi connectivity index (χ2n) is 3.20. The molecule has 4 heteroatoms. The van der Waals surface area contributed by atoms with E-state index >= 15 is 0 Å². The fourth-order valence-electron chi connectivity index (χ4n) is 1.05. The van der Waals surface area contributed by atoms with Crippen LogP contribution < -0.4 is 0 Å². The van der Waals surface area contributed by atoms with Gasteiger partial charge in [0.05, 0.1) is 6.61 Å². The normalized spacial score (nSPS) is 10.3. The van der Waals surface area contributed by atoms with Gasteiger partial charge in [0.2, 0.25) is 4.38 Å². The van der Waals surface area contributed by atoms with Gasteiger partial charge in [-0.2, -0.15) is 0 Å². The quantitative estimate of drug-likeness (QED) is 0.459. The van der Waals surface area contributed by atoms with Crippen LogP contribution in [0.2, 0.25) is 0 Å². The number of rotatable bonds is 9. The number of thioether (sulfide) groups is 1. The molecule has 0 atom stereocenters. The maximum atomic E-state index is 5.32. The molecule has 0 aliphatic heterocycles. The van der Waals surface area contributed by atoms with Crippen molar-refractivity contribution >= 4 is 28.4 Å². The molecule has 0 radical (unpaired) electrons. The van der Waals surface area contributed by atoms with Crippen LogP contribution in [0.15, 0.2) is 0 Å². The zero-order valence-electron chi connectivity index (χ0n) is 9.79. The largest absolute Gasteiger partial charge is 0.476 e. The number of thiocarbonyl (C=S) groups is 1. The Morgan fingerprint density at radius 1 is 1.13 bits per heavy atom. The molecule has 0 rings (SSSR count). The molecule has 0 fully saturated rings. The summed E-state index contributed by atoms with van der Waals surface area (Å²) in [6.07, 6.45) is 5.12. The Bertz CT molecular complexity index is 152. The van der Waals surface area contributed by atoms with E-state index in [9.17, 15) is 0 Å². The Labute approximate surface area is 103 Å². The topological polar surface area (TPSA) is 18.5 Å². The SMILES string of the molecule is CCCCCCSC(=S)OCCOCC. The highest BCUT2D eigenvalue weighted by Crippen LogP contribution is 2.10. The van der Waals surface area contributed by atoms with E-state index in [0.29, 0.717) is 17.6 Å². The van der Waals surface area contributed by atoms with Gasteiger partial charge in [-0.05, 0) is 25.6 Å². The summed E-state index contributed by atoms with van der Waals surface area (Å²) in [6, 6.07) is 0. The lowest BCUT2D eigenvalue weighted by atomic mass is 10.2. The van der Waals surface area contributed by atoms with Crippen LogP contribution in [0.1, 0.15) is 39.5 Å². The van der Waals surface area contributed by atoms with Gasteiger partial charge in [-0.15, -0.1) is 0 Å². The van der Waals surface area contributed by atoms with Crippen molar-refractivity contribution in [2.75, 3.05) is 25.6 Å². The van der Waals surface area contributed by atoms with Crippen LogP contribution in [-0.4, -0.2) is 30.0 Å². The molecule has 2 nitrogen and oxygen atoms in total. The van der Waals surface area contributed by atoms with Crippen LogP contribution in [0, 0.1) is 0 Å². The molecule has 0 aliphatic carbocycles. The number of unbranched alkanes of at least 4 members (excludes halogenated alkanes) is 3. The summed E-state index contributed by atoms with van der Waals surface area (Å²) in [5, 5.41) is 0. The van der Waals surface area contributed by atoms with Crippen molar-refractivity contribution in [3.63, 3.8) is 0 Å². The predicted octanol–water partition coefficient (Wildman–Crippen LogP) is 3.64. The molecule has 90 valence electrons. The maximum Gasteiger partial charge on any atom is 0.220 e. The molecule has 15 heavy (non-hydrogen) atoms. The van der Waals surface area contributed by atoms with Crippen LogP contribution in [0.25, 0.3) is 0 Å². The van der Waals surface area contributed by atoms with Gasteiger partial charge in [0, 0.05) is 12.4 Å². The monoisotopic (exact) mass is 250 g/mol. The van der Waals surface area contributed by atoms with E-state index in [2.05, 4.69) is 6.92 Å². The highest BCUT2D eigenvalue weighted by Gasteiger charge is 1.98. The lowest BCUT2D eigenvalue weighted by Crippen LogP contribution is -2.06. The van der Waals surface area contributed by atoms with Crippen LogP contribution in [0.4, 0.5) is 0 Å². The van der Waals surface area contributed by atoms with Crippen molar-refractivity contribution in [1.29, 1.82) is 0 Å². The Morgan fingerprint density at radius 2 is 1.93 bits per heavy atom. The van der Waals surface area contributed by atoms with Crippen LogP contribution in [0.3, 0.4) is 0 Å². The first-order chi connectivity index (χ1) is 7.31. The second-order valence-corrected chi connectivity index (χ2v) is 4.90. The van der Waals surface area contributed by atoms with Crippen molar-refractivity contribution in [3.05, 3.63) is 0 Å². The molecule has 0 unspecified atom stereocenters. The molecule has 0 spiro atoms. The summed E-state index contributed by atoms with van der Waals surface area (Å²) >= 11 is 6.71. The highest BCUT2D eigenvalue weighted by molar-refractivity contribution is 8.22. The summed E-state index contributed by atoms with van der Waals surface area (Å²) in [4.78, 5) is 0. The van der Waals surface area contributed by atoms with Gasteiger partial charge in [0.15, 0.2) is 0 Å². The van der Waals surface area contributed by atoms with Gasteiger partial charge < -0.3 is 9.47 Å². The molecule has 0 aliphatic rings. The van der Waals surface area contributed by atoms with Crippen LogP contribution >= 0.6 is 24.0 Å². The van der Waals surface area contributed by atoms with Gasteiger partial charge in [0.25, 0.3) is 0 Å². The van der Waals surface area contributed by atoms with Crippen LogP contribution in [-0.2, 0) is 9.47 Å². The Hall–Kier alpha value is 0.200. The molecular formula is C11H22O2S2. The van der Waals surface area contributed by atoms with Crippen molar-refractivity contribution < 1.29 is 9.47 Å². The van der Waals surface area contributed by atoms with Crippen molar-refractivity contribution in [3.8, 4) is 0 Å². The zero-order valence-corrected chi connectivity index (χ0v) is 11.4. The maximum absolute atomic E-state index is 5.32. The Balaban J connectivity index is 3.11. The number of ether oxygens (including phenoxy) is 2. The van der Waals surface area contributed by atoms with E-state index in [1.165, 1.54) is 25.7 Å². The molecule has 0 aromatic heterocycles. The first-order valence-electron chi connectivity index (χ1n) is 5.68. The van der Waals surface area contributed by atoms with Gasteiger partial charge in [-0.3, -0.25) is 0 Å². The molecule has 0 N–H and O–H groups in total. The third-order valence-electron chi connectivity index (χ3n) is 1.87. The molecule has 0 bridgehead atoms. The number of hydrogen-bond donors (Lipinski definition) is 0. The van der Waals surface area contributed by atoms with E-state index in [1.807, 2.05) is 6.92 Å². The fourth-order valence-corrected chi connectivity index (χ4v) is 2.07. The lowest BCUT2D eigenvalue weighted by Gasteiger charge is -2.06. The predicted molar refractivity (Wildman–Crippen MR) is 71.6 cm³/mol. The average Bonchev–Trinajstić information content (AvgIpc) is 2.24. The average molecular weight is 250 g/mol. The summed E-state index contributed by atoms with van der Waals surface area (Å²) in [6.45, 7) is 6.14. The van der Waals surface area contributed by atoms with Crippen molar-refractivity contribution in [2.24, 2.45) is 0 Å². The van der Waals surface area contributed by atoms with E-state index in [-0.39, 0.29) is 0 Å². The Kier molecular flexibility index (Phi) is 12.4. The molecular weight excluding hydrogens is 228 g/mol. The standard InChI is InChI=1S/C11H22O2S2/c1-3-5-6-7-10-15-11(14)13-9-8-12-4-2/h3-10H2,1-2H3. The molecule has 0 saturated heterocycles. The van der Waals surface area contributed by atoms with Crippen molar-refractivity contribution in [1.82, 2.24) is 0 Å². The van der Waals surface area contributed by atoms with Gasteiger partial charge in [-0.1, -0.05) is 37.9 Å². The summed E-state index contributed by atoms with van der Waals surface area (Å²) < 4.78 is 11.1. The minimum Gasteiger partial charge on any atom is -0.476 e. The molecule has 0 heterocycles. The molecule has 0 saturated carbocycles. The van der Waals surface area contributed by atoms with E-state index in [4.69, 9.17) is 21.7 Å².